The van der Waals surface area contributed by atoms with Crippen LogP contribution in [0, 0.1) is 21.4 Å². The van der Waals surface area contributed by atoms with E-state index in [0.29, 0.717) is 63.1 Å². The van der Waals surface area contributed by atoms with Gasteiger partial charge in [-0.15, -0.1) is 0 Å². The molecule has 2 N–H and O–H groups in total. The van der Waals surface area contributed by atoms with Gasteiger partial charge in [0.05, 0.1) is 39.6 Å². The van der Waals surface area contributed by atoms with Crippen molar-refractivity contribution in [3.63, 3.8) is 0 Å². The fourth-order valence-electron chi connectivity index (χ4n) is 5.32. The van der Waals surface area contributed by atoms with E-state index in [1.165, 1.54) is 19.2 Å². The molecule has 0 saturated carbocycles. The first kappa shape index (κ1) is 28.0. The summed E-state index contributed by atoms with van der Waals surface area (Å²) in [7, 11) is 1.50. The highest BCUT2D eigenvalue weighted by molar-refractivity contribution is 6.42. The van der Waals surface area contributed by atoms with E-state index in [-0.39, 0.29) is 35.2 Å². The van der Waals surface area contributed by atoms with Gasteiger partial charge in [-0.2, -0.15) is 5.26 Å². The van der Waals surface area contributed by atoms with Crippen LogP contribution in [0.2, 0.25) is 10.0 Å². The predicted octanol–water partition coefficient (Wildman–Crippen LogP) is 6.79. The molecule has 41 heavy (non-hydrogen) atoms. The van der Waals surface area contributed by atoms with Gasteiger partial charge in [0.15, 0.2) is 11.5 Å². The molecule has 0 spiro atoms. The van der Waals surface area contributed by atoms with Gasteiger partial charge < -0.3 is 15.2 Å². The number of halogens is 2. The molecule has 3 aromatic carbocycles. The van der Waals surface area contributed by atoms with Gasteiger partial charge in [0.2, 0.25) is 0 Å². The monoisotopic (exact) mass is 590 g/mol. The maximum absolute atomic E-state index is 13.5. The Balaban J connectivity index is 1.60. The van der Waals surface area contributed by atoms with Crippen LogP contribution in [0.3, 0.4) is 0 Å². The number of nitro benzene ring substituents is 1. The van der Waals surface area contributed by atoms with Gasteiger partial charge in [0.25, 0.3) is 0 Å². The fourth-order valence-corrected chi connectivity index (χ4v) is 5.61. The third-order valence-corrected chi connectivity index (χ3v) is 7.90. The zero-order valence-electron chi connectivity index (χ0n) is 21.9. The van der Waals surface area contributed by atoms with Crippen molar-refractivity contribution in [2.24, 2.45) is 5.73 Å². The van der Waals surface area contributed by atoms with Crippen LogP contribution in [0.1, 0.15) is 36.3 Å². The molecule has 9 nitrogen and oxygen atoms in total. The number of hydrogen-bond acceptors (Lipinski definition) is 8. The second kappa shape index (κ2) is 11.5. The van der Waals surface area contributed by atoms with E-state index in [1.54, 1.807) is 53.4 Å². The number of carbonyl (C=O) groups excluding carboxylic acids is 1. The van der Waals surface area contributed by atoms with Crippen molar-refractivity contribution in [3.05, 3.63) is 115 Å². The minimum Gasteiger partial charge on any atom is -0.496 e. The number of para-hydroxylation sites is 2. The number of rotatable bonds is 7. The van der Waals surface area contributed by atoms with Gasteiger partial charge in [0.1, 0.15) is 18.2 Å². The molecule has 0 radical (unpaired) electrons. The first-order chi connectivity index (χ1) is 19.7. The Morgan fingerprint density at radius 2 is 1.88 bits per heavy atom. The first-order valence-electron chi connectivity index (χ1n) is 12.7. The standard InChI is InChI=1S/C30H24Cl2N4O5/c1-40-26-12-9-17(13-18(26)16-41-27-8-3-2-5-23(27)36(38)39)28-20(15-33)30(34)35(19-10-11-21(31)22(32)14-19)24-6-4-7-25(37)29(24)28/h2-3,5,8-14,28H,4,6-7,16,34H2,1H3/t28-/m0/s1. The summed E-state index contributed by atoms with van der Waals surface area (Å²) in [5.41, 5.74) is 9.71. The van der Waals surface area contributed by atoms with Crippen LogP contribution >= 0.6 is 23.2 Å². The molecule has 2 aliphatic rings. The maximum Gasteiger partial charge on any atom is 0.310 e. The van der Waals surface area contributed by atoms with Crippen molar-refractivity contribution in [2.75, 3.05) is 12.0 Å². The van der Waals surface area contributed by atoms with E-state index in [0.717, 1.165) is 0 Å². The van der Waals surface area contributed by atoms with Crippen molar-refractivity contribution >= 4 is 40.4 Å². The highest BCUT2D eigenvalue weighted by Crippen LogP contribution is 2.47. The van der Waals surface area contributed by atoms with E-state index >= 15 is 0 Å². The molecular formula is C30H24Cl2N4O5. The Bertz CT molecular complexity index is 1680. The van der Waals surface area contributed by atoms with Crippen LogP contribution in [-0.2, 0) is 11.4 Å². The molecule has 0 bridgehead atoms. The number of methoxy groups -OCH3 is 1. The van der Waals surface area contributed by atoms with E-state index in [4.69, 9.17) is 38.4 Å². The summed E-state index contributed by atoms with van der Waals surface area (Å²) in [5.74, 6) is -0.0140. The number of ether oxygens (including phenoxy) is 2. The number of anilines is 1. The van der Waals surface area contributed by atoms with E-state index in [2.05, 4.69) is 6.07 Å². The van der Waals surface area contributed by atoms with Gasteiger partial charge in [-0.1, -0.05) is 41.4 Å². The molecule has 0 saturated heterocycles. The van der Waals surface area contributed by atoms with Crippen LogP contribution in [0.15, 0.2) is 83.3 Å². The van der Waals surface area contributed by atoms with Gasteiger partial charge >= 0.3 is 5.69 Å². The lowest BCUT2D eigenvalue weighted by molar-refractivity contribution is -0.385. The molecule has 1 aliphatic heterocycles. The molecule has 0 aromatic heterocycles. The molecule has 0 amide bonds. The summed E-state index contributed by atoms with van der Waals surface area (Å²) >= 11 is 12.4. The van der Waals surface area contributed by atoms with Crippen LogP contribution < -0.4 is 20.1 Å². The van der Waals surface area contributed by atoms with Crippen LogP contribution in [-0.4, -0.2) is 17.8 Å². The summed E-state index contributed by atoms with van der Waals surface area (Å²) < 4.78 is 11.4. The number of benzene rings is 3. The number of carbonyl (C=O) groups is 1. The largest absolute Gasteiger partial charge is 0.496 e. The number of nitrogens with two attached hydrogens (primary N) is 1. The van der Waals surface area contributed by atoms with E-state index < -0.39 is 10.8 Å². The van der Waals surface area contributed by atoms with Crippen molar-refractivity contribution in [1.29, 1.82) is 5.26 Å². The number of allylic oxidation sites excluding steroid dienone is 3. The van der Waals surface area contributed by atoms with Gasteiger partial charge in [-0.05, 0) is 54.8 Å². The Labute approximate surface area is 246 Å². The third-order valence-electron chi connectivity index (χ3n) is 7.16. The number of nitro groups is 1. The van der Waals surface area contributed by atoms with Gasteiger partial charge in [0, 0.05) is 35.0 Å². The van der Waals surface area contributed by atoms with Crippen molar-refractivity contribution in [2.45, 2.75) is 31.8 Å². The Hall–Kier alpha value is -4.52. The molecule has 1 aliphatic carbocycles. The van der Waals surface area contributed by atoms with Crippen LogP contribution in [0.25, 0.3) is 0 Å². The fraction of sp³-hybridized carbons (Fsp3) is 0.200. The summed E-state index contributed by atoms with van der Waals surface area (Å²) in [6, 6.07) is 18.6. The topological polar surface area (TPSA) is 132 Å². The molecule has 1 atom stereocenters. The highest BCUT2D eigenvalue weighted by Gasteiger charge is 2.40. The summed E-state index contributed by atoms with van der Waals surface area (Å²) in [4.78, 5) is 26.1. The zero-order chi connectivity index (χ0) is 29.3. The minimum absolute atomic E-state index is 0.0507. The van der Waals surface area contributed by atoms with Crippen molar-refractivity contribution < 1.29 is 19.2 Å². The van der Waals surface area contributed by atoms with Crippen LogP contribution in [0.5, 0.6) is 11.5 Å². The Morgan fingerprint density at radius 3 is 2.59 bits per heavy atom. The quantitative estimate of drug-likeness (QED) is 0.235. The lowest BCUT2D eigenvalue weighted by Gasteiger charge is -2.39. The molecule has 1 heterocycles. The second-order valence-electron chi connectivity index (χ2n) is 9.50. The minimum atomic E-state index is -0.725. The van der Waals surface area contributed by atoms with Crippen molar-refractivity contribution in [1.82, 2.24) is 0 Å². The van der Waals surface area contributed by atoms with E-state index in [1.807, 2.05) is 0 Å². The molecule has 3 aromatic rings. The molecule has 0 unspecified atom stereocenters. The first-order valence-corrected chi connectivity index (χ1v) is 13.4. The molecule has 5 rings (SSSR count). The lowest BCUT2D eigenvalue weighted by Crippen LogP contribution is -2.38. The van der Waals surface area contributed by atoms with Gasteiger partial charge in [-0.25, -0.2) is 0 Å². The number of hydrogen-bond donors (Lipinski definition) is 1. The third kappa shape index (κ3) is 5.20. The number of ketones is 1. The number of nitrogens with zero attached hydrogens (tertiary/aromatic N) is 3. The normalized spacial score (nSPS) is 16.8. The van der Waals surface area contributed by atoms with E-state index in [9.17, 15) is 20.2 Å². The number of nitriles is 1. The molecule has 11 heteroatoms. The zero-order valence-corrected chi connectivity index (χ0v) is 23.4. The smallest absolute Gasteiger partial charge is 0.310 e. The predicted molar refractivity (Wildman–Crippen MR) is 155 cm³/mol. The van der Waals surface area contributed by atoms with Crippen molar-refractivity contribution in [3.8, 4) is 17.6 Å². The second-order valence-corrected chi connectivity index (χ2v) is 10.3. The van der Waals surface area contributed by atoms with Crippen LogP contribution in [0.4, 0.5) is 11.4 Å². The molecular weight excluding hydrogens is 567 g/mol. The van der Waals surface area contributed by atoms with Gasteiger partial charge in [-0.3, -0.25) is 19.8 Å². The average Bonchev–Trinajstić information content (AvgIpc) is 2.97. The SMILES string of the molecule is COc1ccc([C@H]2C(C#N)=C(N)N(c3ccc(Cl)c(Cl)c3)C3=C2C(=O)CCC3)cc1COc1ccccc1[N+](=O)[O-]. The maximum atomic E-state index is 13.5. The molecule has 208 valence electrons. The number of Topliss-reactive ketones (excluding diaryl/α,β-unsaturated/α-hetero) is 1. The Kier molecular flexibility index (Phi) is 7.88. The summed E-state index contributed by atoms with van der Waals surface area (Å²) in [6.07, 6.45) is 1.54. The highest BCUT2D eigenvalue weighted by atomic mass is 35.5. The Morgan fingerprint density at radius 1 is 1.10 bits per heavy atom. The molecule has 0 fully saturated rings. The average molecular weight is 591 g/mol. The lowest BCUT2D eigenvalue weighted by atomic mass is 9.75. The summed E-state index contributed by atoms with van der Waals surface area (Å²) in [6.45, 7) is -0.0507. The summed E-state index contributed by atoms with van der Waals surface area (Å²) in [5, 5.41) is 22.5.